The fourth-order valence-corrected chi connectivity index (χ4v) is 6.09. The average molecular weight is 721 g/mol. The lowest BCUT2D eigenvalue weighted by atomic mass is 10.1. The van der Waals surface area contributed by atoms with Gasteiger partial charge in [0.2, 0.25) is 5.91 Å². The number of nitrogens with zero attached hydrogens (tertiary/aromatic N) is 4. The van der Waals surface area contributed by atoms with Gasteiger partial charge in [-0.2, -0.15) is 13.2 Å². The van der Waals surface area contributed by atoms with Crippen LogP contribution < -0.4 is 35.8 Å². The van der Waals surface area contributed by atoms with Crippen molar-refractivity contribution in [3.05, 3.63) is 95.4 Å². The van der Waals surface area contributed by atoms with Gasteiger partial charge >= 0.3 is 12.2 Å². The number of ether oxygens (including phenoxy) is 1. The number of halogens is 4. The number of methoxy groups -OCH3 is 1. The number of alkyl halides is 3. The van der Waals surface area contributed by atoms with E-state index in [4.69, 9.17) is 4.74 Å². The minimum atomic E-state index is -4.71. The number of amides is 4. The van der Waals surface area contributed by atoms with Crippen molar-refractivity contribution < 1.29 is 36.7 Å². The lowest BCUT2D eigenvalue weighted by molar-refractivity contribution is -0.137. The van der Waals surface area contributed by atoms with Crippen molar-refractivity contribution in [2.24, 2.45) is 0 Å². The van der Waals surface area contributed by atoms with Crippen LogP contribution in [0.1, 0.15) is 27.9 Å². The van der Waals surface area contributed by atoms with Crippen molar-refractivity contribution in [1.29, 1.82) is 0 Å². The lowest BCUT2D eigenvalue weighted by Crippen LogP contribution is -2.49. The monoisotopic (exact) mass is 720 g/mol. The molecule has 2 saturated heterocycles. The molecule has 2 aliphatic heterocycles. The molecular weight excluding hydrogens is 684 g/mol. The number of benzene rings is 3. The van der Waals surface area contributed by atoms with Crippen molar-refractivity contribution in [2.75, 3.05) is 67.3 Å². The third-order valence-corrected chi connectivity index (χ3v) is 8.86. The van der Waals surface area contributed by atoms with Crippen LogP contribution in [0.3, 0.4) is 0 Å². The third-order valence-electron chi connectivity index (χ3n) is 8.86. The number of piperazine rings is 1. The Hall–Kier alpha value is -5.90. The van der Waals surface area contributed by atoms with Gasteiger partial charge in [0.1, 0.15) is 17.4 Å². The Balaban J connectivity index is 1.11. The van der Waals surface area contributed by atoms with Gasteiger partial charge < -0.3 is 25.6 Å². The Morgan fingerprint density at radius 1 is 0.904 bits per heavy atom. The fraction of sp³-hybridized carbons (Fsp3) is 0.278. The molecule has 0 saturated carbocycles. The van der Waals surface area contributed by atoms with Crippen LogP contribution in [0.15, 0.2) is 72.9 Å². The predicted molar refractivity (Wildman–Crippen MR) is 188 cm³/mol. The van der Waals surface area contributed by atoms with Crippen molar-refractivity contribution in [3.8, 4) is 5.75 Å². The van der Waals surface area contributed by atoms with Crippen molar-refractivity contribution >= 4 is 52.1 Å². The first kappa shape index (κ1) is 35.9. The molecule has 52 heavy (non-hydrogen) atoms. The van der Waals surface area contributed by atoms with Crippen molar-refractivity contribution in [1.82, 2.24) is 20.5 Å². The number of urea groups is 1. The maximum atomic E-state index is 15.1. The summed E-state index contributed by atoms with van der Waals surface area (Å²) in [5.41, 5.74) is 1.29. The molecular formula is C36H36F4N8O4. The summed E-state index contributed by atoms with van der Waals surface area (Å²) in [6.45, 7) is 3.15. The van der Waals surface area contributed by atoms with Gasteiger partial charge in [-0.15, -0.1) is 0 Å². The van der Waals surface area contributed by atoms with E-state index in [0.717, 1.165) is 11.9 Å². The standard InChI is InChI=1S/C36H36F4N8O4/c1-41-34(50)25-5-3-4-6-28(25)43-30-19-32(42-20-26(30)36(38,39)40)44-29-10-9-23(18-31(29)52-2)47-15-13-46(14-16-47)21-22-7-8-24(17-27(22)37)48-12-11-33(49)45-35(48)51/h3-10,17-20H,11-16,21H2,1-2H3,(H,41,50)(H2,42,43,44)(H,45,49,51). The van der Waals surface area contributed by atoms with Gasteiger partial charge in [-0.05, 0) is 36.4 Å². The number of nitrogens with one attached hydrogen (secondary N) is 4. The molecule has 0 bridgehead atoms. The van der Waals surface area contributed by atoms with Gasteiger partial charge in [0.05, 0.1) is 35.3 Å². The molecule has 4 amide bonds. The Kier molecular flexibility index (Phi) is 10.5. The van der Waals surface area contributed by atoms with Crippen LogP contribution in [0, 0.1) is 5.82 Å². The first-order valence-corrected chi connectivity index (χ1v) is 16.4. The zero-order chi connectivity index (χ0) is 37.0. The summed E-state index contributed by atoms with van der Waals surface area (Å²) in [6, 6.07) is 17.0. The summed E-state index contributed by atoms with van der Waals surface area (Å²) in [6.07, 6.45) is -3.84. The highest BCUT2D eigenvalue weighted by Gasteiger charge is 2.35. The van der Waals surface area contributed by atoms with Gasteiger partial charge in [0.15, 0.2) is 0 Å². The molecule has 0 atom stereocenters. The van der Waals surface area contributed by atoms with E-state index >= 15 is 4.39 Å². The summed E-state index contributed by atoms with van der Waals surface area (Å²) in [5, 5.41) is 10.5. The Morgan fingerprint density at radius 3 is 2.35 bits per heavy atom. The number of anilines is 6. The quantitative estimate of drug-likeness (QED) is 0.149. The molecule has 0 spiro atoms. The van der Waals surface area contributed by atoms with Gasteiger partial charge in [0, 0.05) is 88.0 Å². The number of aromatic nitrogens is 1. The van der Waals surface area contributed by atoms with Crippen LogP contribution in [0.2, 0.25) is 0 Å². The van der Waals surface area contributed by atoms with Crippen LogP contribution >= 0.6 is 0 Å². The number of carbonyl (C=O) groups is 3. The SMILES string of the molecule is CNC(=O)c1ccccc1Nc1cc(Nc2ccc(N3CCN(Cc4ccc(N5CCC(=O)NC5=O)cc4F)CC3)cc2OC)ncc1C(F)(F)F. The van der Waals surface area contributed by atoms with Crippen LogP contribution in [0.4, 0.5) is 56.6 Å². The number of hydrogen-bond donors (Lipinski definition) is 4. The number of pyridine rings is 1. The smallest absolute Gasteiger partial charge is 0.419 e. The normalized spacial score (nSPS) is 15.3. The van der Waals surface area contributed by atoms with E-state index in [-0.39, 0.29) is 41.6 Å². The Labute approximate surface area is 296 Å². The van der Waals surface area contributed by atoms with Gasteiger partial charge in [-0.25, -0.2) is 14.2 Å². The van der Waals surface area contributed by atoms with Crippen LogP contribution in [-0.2, 0) is 17.5 Å². The lowest BCUT2D eigenvalue weighted by Gasteiger charge is -2.36. The van der Waals surface area contributed by atoms with Gasteiger partial charge in [0.25, 0.3) is 5.91 Å². The number of carbonyl (C=O) groups excluding carboxylic acids is 3. The van der Waals surface area contributed by atoms with E-state index < -0.39 is 29.5 Å². The highest BCUT2D eigenvalue weighted by Crippen LogP contribution is 2.39. The van der Waals surface area contributed by atoms with Crippen LogP contribution in [0.25, 0.3) is 0 Å². The Bertz CT molecular complexity index is 1980. The van der Waals surface area contributed by atoms with Gasteiger partial charge in [-0.1, -0.05) is 18.2 Å². The summed E-state index contributed by atoms with van der Waals surface area (Å²) in [5.74, 6) is -0.694. The molecule has 0 radical (unpaired) electrons. The van der Waals surface area contributed by atoms with Crippen LogP contribution in [-0.4, -0.2) is 74.6 Å². The van der Waals surface area contributed by atoms with E-state index in [9.17, 15) is 27.6 Å². The zero-order valence-electron chi connectivity index (χ0n) is 28.3. The maximum absolute atomic E-state index is 15.1. The highest BCUT2D eigenvalue weighted by molar-refractivity contribution is 6.05. The largest absolute Gasteiger partial charge is 0.494 e. The van der Waals surface area contributed by atoms with E-state index in [1.165, 1.54) is 43.3 Å². The van der Waals surface area contributed by atoms with E-state index in [1.807, 2.05) is 12.1 Å². The molecule has 1 aromatic heterocycles. The van der Waals surface area contributed by atoms with Crippen molar-refractivity contribution in [3.63, 3.8) is 0 Å². The summed E-state index contributed by atoms with van der Waals surface area (Å²) < 4.78 is 62.7. The van der Waals surface area contributed by atoms with Crippen LogP contribution in [0.5, 0.6) is 5.75 Å². The molecule has 0 unspecified atom stereocenters. The molecule has 2 fully saturated rings. The number of rotatable bonds is 10. The average Bonchev–Trinajstić information content (AvgIpc) is 3.12. The molecule has 12 nitrogen and oxygen atoms in total. The molecule has 272 valence electrons. The van der Waals surface area contributed by atoms with E-state index in [2.05, 4.69) is 36.1 Å². The minimum Gasteiger partial charge on any atom is -0.494 e. The minimum absolute atomic E-state index is 0.113. The Morgan fingerprint density at radius 2 is 1.65 bits per heavy atom. The molecule has 3 aromatic carbocycles. The zero-order valence-corrected chi connectivity index (χ0v) is 28.3. The van der Waals surface area contributed by atoms with Gasteiger partial charge in [-0.3, -0.25) is 24.7 Å². The molecule has 2 aliphatic rings. The second kappa shape index (κ2) is 15.1. The number of hydrogen-bond acceptors (Lipinski definition) is 9. The molecule has 4 N–H and O–H groups in total. The number of para-hydroxylation sites is 1. The van der Waals surface area contributed by atoms with Crippen molar-refractivity contribution in [2.45, 2.75) is 19.1 Å². The van der Waals surface area contributed by atoms with E-state index in [1.54, 1.807) is 30.3 Å². The molecule has 4 aromatic rings. The molecule has 0 aliphatic carbocycles. The summed E-state index contributed by atoms with van der Waals surface area (Å²) >= 11 is 0. The molecule has 6 rings (SSSR count). The molecule has 3 heterocycles. The first-order valence-electron chi connectivity index (χ1n) is 16.4. The maximum Gasteiger partial charge on any atom is 0.419 e. The second-order valence-electron chi connectivity index (χ2n) is 12.2. The summed E-state index contributed by atoms with van der Waals surface area (Å²) in [7, 11) is 2.92. The molecule has 16 heteroatoms. The topological polar surface area (TPSA) is 131 Å². The fourth-order valence-electron chi connectivity index (χ4n) is 6.09. The first-order chi connectivity index (χ1) is 24.9. The second-order valence-corrected chi connectivity index (χ2v) is 12.2. The number of imide groups is 1. The highest BCUT2D eigenvalue weighted by atomic mass is 19.4. The summed E-state index contributed by atoms with van der Waals surface area (Å²) in [4.78, 5) is 45.6. The predicted octanol–water partition coefficient (Wildman–Crippen LogP) is 5.86. The van der Waals surface area contributed by atoms with E-state index in [0.29, 0.717) is 55.4 Å². The third kappa shape index (κ3) is 8.01.